The van der Waals surface area contributed by atoms with E-state index < -0.39 is 36.1 Å². The molecule has 0 heterocycles. The molecule has 0 saturated carbocycles. The highest BCUT2D eigenvalue weighted by atomic mass is 16.6. The quantitative estimate of drug-likeness (QED) is 0.583. The van der Waals surface area contributed by atoms with Crippen molar-refractivity contribution in [3.63, 3.8) is 0 Å². The number of hydrogen-bond donors (Lipinski definition) is 2. The van der Waals surface area contributed by atoms with E-state index in [1.165, 1.54) is 48.5 Å². The number of carbonyl (C=O) groups is 4. The summed E-state index contributed by atoms with van der Waals surface area (Å²) in [6, 6.07) is 14.8. The lowest BCUT2D eigenvalue weighted by Crippen LogP contribution is -2.43. The van der Waals surface area contributed by atoms with Gasteiger partial charge in [0.15, 0.2) is 12.2 Å². The van der Waals surface area contributed by atoms with E-state index in [4.69, 9.17) is 0 Å². The predicted molar refractivity (Wildman–Crippen MR) is 85.7 cm³/mol. The third-order valence-corrected chi connectivity index (χ3v) is 3.19. The Morgan fingerprint density at radius 1 is 0.615 bits per heavy atom. The number of hydrogen-bond acceptors (Lipinski definition) is 8. The van der Waals surface area contributed by atoms with Gasteiger partial charge in [0.25, 0.3) is 0 Å². The number of benzene rings is 2. The Hall–Kier alpha value is -3.36. The molecule has 0 aliphatic heterocycles. The average molecular weight is 358 g/mol. The zero-order chi connectivity index (χ0) is 19.1. The normalized spacial score (nSPS) is 12.5. The van der Waals surface area contributed by atoms with Crippen molar-refractivity contribution in [3.05, 3.63) is 71.8 Å². The van der Waals surface area contributed by atoms with Gasteiger partial charge >= 0.3 is 23.9 Å². The Bertz CT molecular complexity index is 731. The van der Waals surface area contributed by atoms with Crippen LogP contribution in [0.5, 0.6) is 0 Å². The number of rotatable bonds is 5. The monoisotopic (exact) mass is 358 g/mol. The van der Waals surface area contributed by atoms with Gasteiger partial charge in [-0.05, 0) is 24.3 Å². The van der Waals surface area contributed by atoms with Gasteiger partial charge in [0.05, 0.1) is 11.1 Å². The SMILES string of the molecule is O=C(OC(=O)[C@@H](O)[C@H](O)C(=O)OC(=O)c1ccccc1)c1ccccc1. The van der Waals surface area contributed by atoms with Crippen LogP contribution in [0.1, 0.15) is 20.7 Å². The van der Waals surface area contributed by atoms with Crippen LogP contribution in [0, 0.1) is 0 Å². The van der Waals surface area contributed by atoms with Crippen molar-refractivity contribution in [1.82, 2.24) is 0 Å². The summed E-state index contributed by atoms with van der Waals surface area (Å²) >= 11 is 0. The third-order valence-electron chi connectivity index (χ3n) is 3.19. The van der Waals surface area contributed by atoms with E-state index in [-0.39, 0.29) is 11.1 Å². The van der Waals surface area contributed by atoms with Gasteiger partial charge in [0.1, 0.15) is 0 Å². The number of aliphatic hydroxyl groups is 2. The second-order valence-electron chi connectivity index (χ2n) is 5.04. The molecule has 0 aromatic heterocycles. The maximum Gasteiger partial charge on any atom is 0.346 e. The molecule has 0 saturated heterocycles. The van der Waals surface area contributed by atoms with Crippen molar-refractivity contribution in [2.75, 3.05) is 0 Å². The molecule has 8 nitrogen and oxygen atoms in total. The lowest BCUT2D eigenvalue weighted by Gasteiger charge is -2.14. The Morgan fingerprint density at radius 2 is 0.923 bits per heavy atom. The Labute approximate surface area is 147 Å². The molecule has 2 aromatic rings. The smallest absolute Gasteiger partial charge is 0.346 e. The molecule has 2 rings (SSSR count). The van der Waals surface area contributed by atoms with E-state index >= 15 is 0 Å². The minimum atomic E-state index is -2.40. The molecule has 0 radical (unpaired) electrons. The van der Waals surface area contributed by atoms with Crippen molar-refractivity contribution in [1.29, 1.82) is 0 Å². The zero-order valence-corrected chi connectivity index (χ0v) is 13.3. The molecule has 0 amide bonds. The highest BCUT2D eigenvalue weighted by Crippen LogP contribution is 2.07. The molecule has 2 aromatic carbocycles. The molecule has 26 heavy (non-hydrogen) atoms. The van der Waals surface area contributed by atoms with Gasteiger partial charge in [-0.2, -0.15) is 0 Å². The molecular weight excluding hydrogens is 344 g/mol. The number of aliphatic hydroxyl groups excluding tert-OH is 2. The molecular formula is C18H14O8. The average Bonchev–Trinajstić information content (AvgIpc) is 2.67. The van der Waals surface area contributed by atoms with Crippen LogP contribution < -0.4 is 0 Å². The van der Waals surface area contributed by atoms with Crippen LogP contribution in [0.2, 0.25) is 0 Å². The molecule has 2 N–H and O–H groups in total. The minimum absolute atomic E-state index is 0.0318. The first-order chi connectivity index (χ1) is 12.4. The van der Waals surface area contributed by atoms with Crippen LogP contribution in [0.4, 0.5) is 0 Å². The van der Waals surface area contributed by atoms with Crippen molar-refractivity contribution < 1.29 is 38.9 Å². The van der Waals surface area contributed by atoms with E-state index in [9.17, 15) is 29.4 Å². The second kappa shape index (κ2) is 8.65. The van der Waals surface area contributed by atoms with E-state index in [0.29, 0.717) is 0 Å². The summed E-state index contributed by atoms with van der Waals surface area (Å²) < 4.78 is 8.76. The third kappa shape index (κ3) is 4.82. The van der Waals surface area contributed by atoms with E-state index in [2.05, 4.69) is 9.47 Å². The summed E-state index contributed by atoms with van der Waals surface area (Å²) in [5.41, 5.74) is 0.0637. The van der Waals surface area contributed by atoms with E-state index in [1.807, 2.05) is 0 Å². The molecule has 134 valence electrons. The Morgan fingerprint density at radius 3 is 1.23 bits per heavy atom. The summed E-state index contributed by atoms with van der Waals surface area (Å²) in [5.74, 6) is -5.27. The first-order valence-electron chi connectivity index (χ1n) is 7.38. The fraction of sp³-hybridized carbons (Fsp3) is 0.111. The van der Waals surface area contributed by atoms with Crippen LogP contribution in [-0.2, 0) is 19.1 Å². The molecule has 0 spiro atoms. The van der Waals surface area contributed by atoms with Crippen LogP contribution in [-0.4, -0.2) is 46.3 Å². The van der Waals surface area contributed by atoms with Crippen LogP contribution in [0.25, 0.3) is 0 Å². The lowest BCUT2D eigenvalue weighted by atomic mass is 10.2. The molecule has 0 bridgehead atoms. The first-order valence-corrected chi connectivity index (χ1v) is 7.38. The zero-order valence-electron chi connectivity index (χ0n) is 13.3. The molecule has 0 aliphatic rings. The minimum Gasteiger partial charge on any atom is -0.387 e. The number of carbonyl (C=O) groups excluding carboxylic acids is 4. The topological polar surface area (TPSA) is 127 Å². The lowest BCUT2D eigenvalue weighted by molar-refractivity contribution is -0.166. The van der Waals surface area contributed by atoms with E-state index in [0.717, 1.165) is 0 Å². The van der Waals surface area contributed by atoms with Gasteiger partial charge in [0, 0.05) is 0 Å². The van der Waals surface area contributed by atoms with Crippen molar-refractivity contribution in [2.45, 2.75) is 12.2 Å². The van der Waals surface area contributed by atoms with Crippen molar-refractivity contribution in [3.8, 4) is 0 Å². The van der Waals surface area contributed by atoms with Crippen LogP contribution in [0.15, 0.2) is 60.7 Å². The number of ether oxygens (including phenoxy) is 2. The van der Waals surface area contributed by atoms with E-state index in [1.54, 1.807) is 12.1 Å². The largest absolute Gasteiger partial charge is 0.387 e. The molecule has 0 fully saturated rings. The van der Waals surface area contributed by atoms with Crippen molar-refractivity contribution in [2.24, 2.45) is 0 Å². The van der Waals surface area contributed by atoms with Crippen LogP contribution in [0.3, 0.4) is 0 Å². The summed E-state index contributed by atoms with van der Waals surface area (Å²) in [6.45, 7) is 0. The van der Waals surface area contributed by atoms with Gasteiger partial charge in [-0.1, -0.05) is 36.4 Å². The molecule has 0 aliphatic carbocycles. The Balaban J connectivity index is 1.94. The van der Waals surface area contributed by atoms with Gasteiger partial charge < -0.3 is 19.7 Å². The van der Waals surface area contributed by atoms with Gasteiger partial charge in [0.2, 0.25) is 0 Å². The molecule has 0 unspecified atom stereocenters. The summed E-state index contributed by atoms with van der Waals surface area (Å²) in [6.07, 6.45) is -4.81. The van der Waals surface area contributed by atoms with Gasteiger partial charge in [-0.15, -0.1) is 0 Å². The summed E-state index contributed by atoms with van der Waals surface area (Å²) in [4.78, 5) is 46.8. The van der Waals surface area contributed by atoms with Gasteiger partial charge in [-0.3, -0.25) is 0 Å². The first kappa shape index (κ1) is 19.0. The number of esters is 4. The standard InChI is InChI=1S/C18H14O8/c19-13(17(23)25-15(21)11-7-3-1-4-8-11)14(20)18(24)26-16(22)12-9-5-2-6-10-12/h1-10,13-14,19-20H/t13-,14-/m0/s1. The predicted octanol–water partition coefficient (Wildman–Crippen LogP) is 0.475. The fourth-order valence-electron chi connectivity index (χ4n) is 1.83. The fourth-order valence-corrected chi connectivity index (χ4v) is 1.83. The van der Waals surface area contributed by atoms with Gasteiger partial charge in [-0.25, -0.2) is 19.2 Å². The molecule has 2 atom stereocenters. The maximum atomic E-state index is 11.7. The molecule has 8 heteroatoms. The van der Waals surface area contributed by atoms with Crippen LogP contribution >= 0.6 is 0 Å². The second-order valence-corrected chi connectivity index (χ2v) is 5.04. The highest BCUT2D eigenvalue weighted by molar-refractivity contribution is 6.01. The summed E-state index contributed by atoms with van der Waals surface area (Å²) in [7, 11) is 0. The Kier molecular flexibility index (Phi) is 6.31. The highest BCUT2D eigenvalue weighted by Gasteiger charge is 2.35. The van der Waals surface area contributed by atoms with Crippen molar-refractivity contribution >= 4 is 23.9 Å². The summed E-state index contributed by atoms with van der Waals surface area (Å²) in [5, 5.41) is 19.3. The maximum absolute atomic E-state index is 11.7.